The number of rotatable bonds is 5. The van der Waals surface area contributed by atoms with Crippen molar-refractivity contribution in [3.63, 3.8) is 0 Å². The van der Waals surface area contributed by atoms with Gasteiger partial charge in [-0.25, -0.2) is 0 Å². The van der Waals surface area contributed by atoms with Crippen LogP contribution in [0.3, 0.4) is 0 Å². The number of carbonyl (C=O) groups is 2. The number of primary amides is 2. The molecule has 0 aromatic heterocycles. The monoisotopic (exact) mass is 238 g/mol. The lowest BCUT2D eigenvalue weighted by molar-refractivity contribution is -0.125. The maximum atomic E-state index is 11.1. The van der Waals surface area contributed by atoms with Crippen LogP contribution in [-0.4, -0.2) is 29.6 Å². The van der Waals surface area contributed by atoms with Crippen LogP contribution in [0.4, 0.5) is 11.4 Å². The molecule has 0 aliphatic rings. The van der Waals surface area contributed by atoms with Crippen LogP contribution >= 0.6 is 0 Å². The molecule has 7 nitrogen and oxygen atoms in total. The van der Waals surface area contributed by atoms with E-state index in [9.17, 15) is 14.7 Å². The first-order chi connectivity index (χ1) is 7.91. The molecule has 2 amide bonds. The van der Waals surface area contributed by atoms with Crippen LogP contribution in [-0.2, 0) is 4.79 Å². The Labute approximate surface area is 97.6 Å². The van der Waals surface area contributed by atoms with E-state index < -0.39 is 17.9 Å². The first-order valence-corrected chi connectivity index (χ1v) is 4.82. The highest BCUT2D eigenvalue weighted by Gasteiger charge is 2.13. The highest BCUT2D eigenvalue weighted by molar-refractivity contribution is 5.99. The van der Waals surface area contributed by atoms with Gasteiger partial charge in [-0.15, -0.1) is 0 Å². The Morgan fingerprint density at radius 1 is 1.35 bits per heavy atom. The lowest BCUT2D eigenvalue weighted by Crippen LogP contribution is -2.34. The molecular formula is C10H14N4O3. The quantitative estimate of drug-likeness (QED) is 0.402. The van der Waals surface area contributed by atoms with Crippen molar-refractivity contribution >= 4 is 23.2 Å². The molecule has 1 unspecified atom stereocenters. The van der Waals surface area contributed by atoms with Gasteiger partial charge in [0.15, 0.2) is 0 Å². The van der Waals surface area contributed by atoms with E-state index in [-0.39, 0.29) is 12.1 Å². The number of amides is 2. The first kappa shape index (κ1) is 12.8. The zero-order chi connectivity index (χ0) is 13.0. The number of hydrogen-bond acceptors (Lipinski definition) is 5. The van der Waals surface area contributed by atoms with Crippen LogP contribution in [0.25, 0.3) is 0 Å². The molecule has 7 heteroatoms. The van der Waals surface area contributed by atoms with Crippen molar-refractivity contribution in [1.29, 1.82) is 0 Å². The van der Waals surface area contributed by atoms with E-state index in [0.29, 0.717) is 11.4 Å². The Morgan fingerprint density at radius 3 is 2.53 bits per heavy atom. The largest absolute Gasteiger partial charge is 0.399 e. The number of carbonyl (C=O) groups excluding carboxylic acids is 2. The fourth-order valence-corrected chi connectivity index (χ4v) is 1.23. The summed E-state index contributed by atoms with van der Waals surface area (Å²) in [6.07, 6.45) is -1.35. The third kappa shape index (κ3) is 3.35. The van der Waals surface area contributed by atoms with Crippen molar-refractivity contribution < 1.29 is 14.7 Å². The fraction of sp³-hybridized carbons (Fsp3) is 0.200. The molecule has 8 N–H and O–H groups in total. The van der Waals surface area contributed by atoms with Gasteiger partial charge < -0.3 is 27.6 Å². The van der Waals surface area contributed by atoms with E-state index in [1.54, 1.807) is 0 Å². The number of nitrogen functional groups attached to an aromatic ring is 1. The summed E-state index contributed by atoms with van der Waals surface area (Å²) in [7, 11) is 0. The molecule has 0 fully saturated rings. The van der Waals surface area contributed by atoms with Crippen LogP contribution in [0.1, 0.15) is 10.4 Å². The molecule has 1 rings (SSSR count). The van der Waals surface area contributed by atoms with Crippen LogP contribution in [0.2, 0.25) is 0 Å². The minimum atomic E-state index is -1.35. The zero-order valence-corrected chi connectivity index (χ0v) is 9.01. The minimum absolute atomic E-state index is 0.126. The Bertz CT molecular complexity index is 447. The summed E-state index contributed by atoms with van der Waals surface area (Å²) >= 11 is 0. The summed E-state index contributed by atoms with van der Waals surface area (Å²) in [5.41, 5.74) is 16.6. The Kier molecular flexibility index (Phi) is 3.89. The molecule has 0 spiro atoms. The zero-order valence-electron chi connectivity index (χ0n) is 9.01. The van der Waals surface area contributed by atoms with E-state index in [4.69, 9.17) is 17.2 Å². The number of nitrogens with two attached hydrogens (primary N) is 3. The average molecular weight is 238 g/mol. The van der Waals surface area contributed by atoms with Crippen molar-refractivity contribution in [2.45, 2.75) is 6.10 Å². The number of hydrogen-bond donors (Lipinski definition) is 5. The topological polar surface area (TPSA) is 144 Å². The van der Waals surface area contributed by atoms with Gasteiger partial charge in [0, 0.05) is 17.9 Å². The van der Waals surface area contributed by atoms with Crippen LogP contribution in [0.5, 0.6) is 0 Å². The van der Waals surface area contributed by atoms with Crippen molar-refractivity contribution in [1.82, 2.24) is 0 Å². The number of anilines is 2. The second kappa shape index (κ2) is 5.17. The summed E-state index contributed by atoms with van der Waals surface area (Å²) in [6.45, 7) is -0.126. The predicted molar refractivity (Wildman–Crippen MR) is 63.1 cm³/mol. The number of nitrogens with one attached hydrogen (secondary N) is 1. The minimum Gasteiger partial charge on any atom is -0.399 e. The molecule has 1 atom stereocenters. The molecular weight excluding hydrogens is 224 g/mol. The maximum Gasteiger partial charge on any atom is 0.250 e. The number of aliphatic hydroxyl groups is 1. The fourth-order valence-electron chi connectivity index (χ4n) is 1.23. The molecule has 0 radical (unpaired) electrons. The second-order valence-electron chi connectivity index (χ2n) is 3.47. The summed E-state index contributed by atoms with van der Waals surface area (Å²) in [5.74, 6) is -1.50. The van der Waals surface area contributed by atoms with Gasteiger partial charge in [-0.2, -0.15) is 0 Å². The molecule has 0 aliphatic carbocycles. The maximum absolute atomic E-state index is 11.1. The summed E-state index contributed by atoms with van der Waals surface area (Å²) < 4.78 is 0. The van der Waals surface area contributed by atoms with Crippen LogP contribution in [0.15, 0.2) is 18.2 Å². The molecule has 1 aromatic rings. The SMILES string of the molecule is NC(=O)c1ccc(N)cc1NCC(O)C(N)=O. The van der Waals surface area contributed by atoms with Crippen LogP contribution < -0.4 is 22.5 Å². The van der Waals surface area contributed by atoms with Crippen molar-refractivity contribution in [3.8, 4) is 0 Å². The van der Waals surface area contributed by atoms with E-state index in [0.717, 1.165) is 0 Å². The molecule has 0 saturated carbocycles. The lowest BCUT2D eigenvalue weighted by atomic mass is 10.1. The molecule has 1 aromatic carbocycles. The molecule has 0 aliphatic heterocycles. The Morgan fingerprint density at radius 2 is 2.00 bits per heavy atom. The first-order valence-electron chi connectivity index (χ1n) is 4.82. The lowest BCUT2D eigenvalue weighted by Gasteiger charge is -2.12. The van der Waals surface area contributed by atoms with Crippen molar-refractivity contribution in [2.24, 2.45) is 11.5 Å². The third-order valence-corrected chi connectivity index (χ3v) is 2.12. The average Bonchev–Trinajstić information content (AvgIpc) is 2.25. The van der Waals surface area contributed by atoms with Gasteiger partial charge in [-0.1, -0.05) is 0 Å². The summed E-state index contributed by atoms with van der Waals surface area (Å²) in [6, 6.07) is 4.46. The van der Waals surface area contributed by atoms with E-state index in [1.807, 2.05) is 0 Å². The number of benzene rings is 1. The highest BCUT2D eigenvalue weighted by atomic mass is 16.3. The second-order valence-corrected chi connectivity index (χ2v) is 3.47. The van der Waals surface area contributed by atoms with Gasteiger partial charge in [0.1, 0.15) is 6.10 Å². The Hall–Kier alpha value is -2.28. The van der Waals surface area contributed by atoms with E-state index in [2.05, 4.69) is 5.32 Å². The van der Waals surface area contributed by atoms with Crippen LogP contribution in [0, 0.1) is 0 Å². The van der Waals surface area contributed by atoms with Gasteiger partial charge in [0.25, 0.3) is 5.91 Å². The normalized spacial score (nSPS) is 11.8. The summed E-state index contributed by atoms with van der Waals surface area (Å²) in [4.78, 5) is 21.7. The molecule has 92 valence electrons. The van der Waals surface area contributed by atoms with Gasteiger partial charge in [-0.3, -0.25) is 9.59 Å². The Balaban J connectivity index is 2.85. The van der Waals surface area contributed by atoms with Crippen molar-refractivity contribution in [2.75, 3.05) is 17.6 Å². The van der Waals surface area contributed by atoms with Gasteiger partial charge in [0.2, 0.25) is 5.91 Å². The molecule has 0 bridgehead atoms. The summed E-state index contributed by atoms with van der Waals surface area (Å²) in [5, 5.41) is 11.9. The van der Waals surface area contributed by atoms with Gasteiger partial charge in [0.05, 0.1) is 5.56 Å². The highest BCUT2D eigenvalue weighted by Crippen LogP contribution is 2.18. The molecule has 0 saturated heterocycles. The van der Waals surface area contributed by atoms with Gasteiger partial charge in [-0.05, 0) is 18.2 Å². The number of aliphatic hydroxyl groups excluding tert-OH is 1. The van der Waals surface area contributed by atoms with Gasteiger partial charge >= 0.3 is 0 Å². The van der Waals surface area contributed by atoms with E-state index >= 15 is 0 Å². The predicted octanol–water partition coefficient (Wildman–Crippen LogP) is -1.37. The molecule has 17 heavy (non-hydrogen) atoms. The standard InChI is InChI=1S/C10H14N4O3/c11-5-1-2-6(9(12)16)7(3-5)14-4-8(15)10(13)17/h1-3,8,14-15H,4,11H2,(H2,12,16)(H2,13,17). The van der Waals surface area contributed by atoms with E-state index in [1.165, 1.54) is 18.2 Å². The van der Waals surface area contributed by atoms with Crippen molar-refractivity contribution in [3.05, 3.63) is 23.8 Å². The molecule has 0 heterocycles. The smallest absolute Gasteiger partial charge is 0.250 e. The third-order valence-electron chi connectivity index (χ3n) is 2.12.